The minimum absolute atomic E-state index is 0.242. The second-order valence-corrected chi connectivity index (χ2v) is 4.40. The first-order chi connectivity index (χ1) is 9.53. The molecule has 0 aromatic heterocycles. The van der Waals surface area contributed by atoms with Gasteiger partial charge in [-0.2, -0.15) is 0 Å². The van der Waals surface area contributed by atoms with Gasteiger partial charge >= 0.3 is 0 Å². The van der Waals surface area contributed by atoms with E-state index >= 15 is 0 Å². The summed E-state index contributed by atoms with van der Waals surface area (Å²) >= 11 is 0. The molecule has 1 aromatic rings. The zero-order chi connectivity index (χ0) is 15.1. The van der Waals surface area contributed by atoms with Crippen molar-refractivity contribution in [1.29, 1.82) is 0 Å². The lowest BCUT2D eigenvalue weighted by atomic mass is 9.92. The summed E-state index contributed by atoms with van der Waals surface area (Å²) in [7, 11) is 1.51. The van der Waals surface area contributed by atoms with Crippen LogP contribution in [-0.4, -0.2) is 53.3 Å². The topological polar surface area (TPSA) is 104 Å². The number of carbonyl (C=O) groups excluding carboxylic acids is 2. The molecule has 0 amide bonds. The molecule has 0 radical (unpaired) electrons. The summed E-state index contributed by atoms with van der Waals surface area (Å²) in [5, 5.41) is 27.7. The van der Waals surface area contributed by atoms with Gasteiger partial charge in [0.15, 0.2) is 5.78 Å². The van der Waals surface area contributed by atoms with Gasteiger partial charge in [-0.05, 0) is 24.3 Å². The number of benzene rings is 1. The zero-order valence-corrected chi connectivity index (χ0v) is 11.1. The van der Waals surface area contributed by atoms with Crippen molar-refractivity contribution in [3.8, 4) is 5.75 Å². The predicted molar refractivity (Wildman–Crippen MR) is 70.6 cm³/mol. The highest BCUT2D eigenvalue weighted by Gasteiger charge is 2.27. The van der Waals surface area contributed by atoms with Gasteiger partial charge in [-0.15, -0.1) is 0 Å². The number of hydrogen-bond donors (Lipinski definition) is 3. The molecule has 6 heteroatoms. The molecule has 0 aliphatic carbocycles. The van der Waals surface area contributed by atoms with Crippen molar-refractivity contribution in [3.05, 3.63) is 29.8 Å². The van der Waals surface area contributed by atoms with E-state index in [4.69, 9.17) is 9.84 Å². The van der Waals surface area contributed by atoms with Gasteiger partial charge in [0.2, 0.25) is 0 Å². The Morgan fingerprint density at radius 3 is 2.35 bits per heavy atom. The summed E-state index contributed by atoms with van der Waals surface area (Å²) in [5.74, 6) is -0.801. The molecule has 1 rings (SSSR count). The predicted octanol–water partition coefficient (Wildman–Crippen LogP) is -0.203. The van der Waals surface area contributed by atoms with Crippen molar-refractivity contribution in [1.82, 2.24) is 0 Å². The maximum Gasteiger partial charge on any atom is 0.163 e. The Kier molecular flexibility index (Phi) is 6.30. The van der Waals surface area contributed by atoms with Gasteiger partial charge in [0, 0.05) is 12.0 Å². The van der Waals surface area contributed by atoms with E-state index in [9.17, 15) is 19.8 Å². The van der Waals surface area contributed by atoms with E-state index in [1.54, 1.807) is 24.3 Å². The summed E-state index contributed by atoms with van der Waals surface area (Å²) in [6.45, 7) is -0.678. The Morgan fingerprint density at radius 2 is 1.90 bits per heavy atom. The molecular formula is C14H18O6. The van der Waals surface area contributed by atoms with Crippen LogP contribution in [0.5, 0.6) is 5.75 Å². The van der Waals surface area contributed by atoms with Gasteiger partial charge < -0.3 is 24.9 Å². The fourth-order valence-electron chi connectivity index (χ4n) is 1.75. The lowest BCUT2D eigenvalue weighted by Crippen LogP contribution is -2.37. The summed E-state index contributed by atoms with van der Waals surface area (Å²) < 4.78 is 4.97. The quantitative estimate of drug-likeness (QED) is 0.450. The number of rotatable bonds is 8. The minimum atomic E-state index is -1.47. The minimum Gasteiger partial charge on any atom is -0.497 e. The molecular weight excluding hydrogens is 264 g/mol. The second kappa shape index (κ2) is 7.74. The van der Waals surface area contributed by atoms with Crippen LogP contribution in [0.2, 0.25) is 0 Å². The van der Waals surface area contributed by atoms with Crippen LogP contribution in [0, 0.1) is 5.92 Å². The highest BCUT2D eigenvalue weighted by molar-refractivity contribution is 5.97. The third kappa shape index (κ3) is 4.12. The number of hydrogen-bond acceptors (Lipinski definition) is 6. The van der Waals surface area contributed by atoms with E-state index in [-0.39, 0.29) is 12.2 Å². The average Bonchev–Trinajstić information content (AvgIpc) is 2.50. The van der Waals surface area contributed by atoms with Crippen LogP contribution >= 0.6 is 0 Å². The van der Waals surface area contributed by atoms with Crippen LogP contribution in [0.25, 0.3) is 0 Å². The van der Waals surface area contributed by atoms with Gasteiger partial charge in [-0.1, -0.05) is 0 Å². The molecule has 0 heterocycles. The molecule has 3 N–H and O–H groups in total. The van der Waals surface area contributed by atoms with Crippen LogP contribution in [0.3, 0.4) is 0 Å². The zero-order valence-electron chi connectivity index (χ0n) is 11.1. The van der Waals surface area contributed by atoms with Gasteiger partial charge in [-0.25, -0.2) is 0 Å². The van der Waals surface area contributed by atoms with Gasteiger partial charge in [0.1, 0.15) is 18.1 Å². The smallest absolute Gasteiger partial charge is 0.163 e. The Hall–Kier alpha value is -1.76. The number of ether oxygens (including phenoxy) is 1. The van der Waals surface area contributed by atoms with E-state index in [1.165, 1.54) is 7.11 Å². The number of aliphatic hydroxyl groups excluding tert-OH is 3. The van der Waals surface area contributed by atoms with E-state index in [1.807, 2.05) is 0 Å². The molecule has 0 saturated carbocycles. The molecule has 110 valence electrons. The molecule has 0 fully saturated rings. The standard InChI is InChI=1S/C14H18O6/c1-20-11-4-2-9(3-5-11)12(17)6-10(7-15)14(19)13(18)8-16/h2-5,7,10,13-14,16,18-19H,6,8H2,1H3/t10-,13+,14+/m0/s1. The van der Waals surface area contributed by atoms with Crippen LogP contribution in [0.1, 0.15) is 16.8 Å². The lowest BCUT2D eigenvalue weighted by molar-refractivity contribution is -0.118. The van der Waals surface area contributed by atoms with E-state index < -0.39 is 24.7 Å². The average molecular weight is 282 g/mol. The number of aldehydes is 1. The van der Waals surface area contributed by atoms with Crippen LogP contribution in [-0.2, 0) is 4.79 Å². The highest BCUT2D eigenvalue weighted by atomic mass is 16.5. The van der Waals surface area contributed by atoms with Gasteiger partial charge in [0.25, 0.3) is 0 Å². The number of methoxy groups -OCH3 is 1. The first kappa shape index (κ1) is 16.3. The molecule has 1 aromatic carbocycles. The Bertz CT molecular complexity index is 441. The normalized spacial score (nSPS) is 15.2. The molecule has 0 spiro atoms. The third-order valence-corrected chi connectivity index (χ3v) is 3.03. The fraction of sp³-hybridized carbons (Fsp3) is 0.429. The first-order valence-electron chi connectivity index (χ1n) is 6.13. The van der Waals surface area contributed by atoms with Crippen molar-refractivity contribution in [2.75, 3.05) is 13.7 Å². The summed E-state index contributed by atoms with van der Waals surface area (Å²) in [6.07, 6.45) is -2.76. The molecule has 20 heavy (non-hydrogen) atoms. The molecule has 0 aliphatic rings. The van der Waals surface area contributed by atoms with E-state index in [0.29, 0.717) is 17.6 Å². The Balaban J connectivity index is 2.73. The largest absolute Gasteiger partial charge is 0.497 e. The molecule has 6 nitrogen and oxygen atoms in total. The van der Waals surface area contributed by atoms with E-state index in [0.717, 1.165) is 0 Å². The first-order valence-corrected chi connectivity index (χ1v) is 6.13. The number of Topliss-reactive ketones (excluding diaryl/α,β-unsaturated/α-hetero) is 1. The third-order valence-electron chi connectivity index (χ3n) is 3.03. The van der Waals surface area contributed by atoms with Crippen molar-refractivity contribution < 1.29 is 29.6 Å². The van der Waals surface area contributed by atoms with Crippen molar-refractivity contribution in [3.63, 3.8) is 0 Å². The van der Waals surface area contributed by atoms with Crippen molar-refractivity contribution >= 4 is 12.1 Å². The maximum atomic E-state index is 12.0. The van der Waals surface area contributed by atoms with Crippen molar-refractivity contribution in [2.45, 2.75) is 18.6 Å². The summed E-state index contributed by atoms with van der Waals surface area (Å²) in [6, 6.07) is 6.33. The Morgan fingerprint density at radius 1 is 1.30 bits per heavy atom. The van der Waals surface area contributed by atoms with Crippen LogP contribution < -0.4 is 4.74 Å². The SMILES string of the molecule is COc1ccc(C(=O)C[C@@H](C=O)[C@@H](O)[C@H](O)CO)cc1. The number of carbonyl (C=O) groups is 2. The van der Waals surface area contributed by atoms with Gasteiger partial charge in [-0.3, -0.25) is 4.79 Å². The van der Waals surface area contributed by atoms with Crippen molar-refractivity contribution in [2.24, 2.45) is 5.92 Å². The fourth-order valence-corrected chi connectivity index (χ4v) is 1.75. The summed E-state index contributed by atoms with van der Waals surface area (Å²) in [5.41, 5.74) is 0.378. The lowest BCUT2D eigenvalue weighted by Gasteiger charge is -2.20. The number of aliphatic hydroxyl groups is 3. The second-order valence-electron chi connectivity index (χ2n) is 4.40. The molecule has 0 saturated heterocycles. The van der Waals surface area contributed by atoms with E-state index in [2.05, 4.69) is 0 Å². The van der Waals surface area contributed by atoms with Crippen LogP contribution in [0.4, 0.5) is 0 Å². The summed E-state index contributed by atoms with van der Waals surface area (Å²) in [4.78, 5) is 22.9. The molecule has 0 aliphatic heterocycles. The number of ketones is 1. The molecule has 0 unspecified atom stereocenters. The highest BCUT2D eigenvalue weighted by Crippen LogP contribution is 2.17. The van der Waals surface area contributed by atoms with Gasteiger partial charge in [0.05, 0.1) is 25.7 Å². The Labute approximate surface area is 116 Å². The molecule has 3 atom stereocenters. The van der Waals surface area contributed by atoms with Crippen LogP contribution in [0.15, 0.2) is 24.3 Å². The maximum absolute atomic E-state index is 12.0. The monoisotopic (exact) mass is 282 g/mol. The molecule has 0 bridgehead atoms.